The second-order valence-corrected chi connectivity index (χ2v) is 12.2. The molecule has 5 rings (SSSR count). The molecule has 0 unspecified atom stereocenters. The van der Waals surface area contributed by atoms with Gasteiger partial charge in [-0.25, -0.2) is 27.5 Å². The Kier molecular flexibility index (Phi) is 9.56. The highest BCUT2D eigenvalue weighted by Gasteiger charge is 2.36. The lowest BCUT2D eigenvalue weighted by Gasteiger charge is -2.14. The zero-order valence-electron chi connectivity index (χ0n) is 25.6. The molecule has 15 nitrogen and oxygen atoms in total. The van der Waals surface area contributed by atoms with Gasteiger partial charge in [0.1, 0.15) is 13.2 Å². The molecule has 1 aromatic heterocycles. The summed E-state index contributed by atoms with van der Waals surface area (Å²) < 4.78 is 73.6. The summed E-state index contributed by atoms with van der Waals surface area (Å²) >= 11 is 0. The van der Waals surface area contributed by atoms with Crippen LogP contribution in [0.3, 0.4) is 0 Å². The highest BCUT2D eigenvalue weighted by Crippen LogP contribution is 2.33. The Morgan fingerprint density at radius 1 is 1.02 bits per heavy atom. The van der Waals surface area contributed by atoms with Crippen LogP contribution in [0.15, 0.2) is 89.0 Å². The van der Waals surface area contributed by atoms with Gasteiger partial charge in [-0.3, -0.25) is 9.59 Å². The van der Waals surface area contributed by atoms with E-state index >= 15 is 0 Å². The average Bonchev–Trinajstić information content (AvgIpc) is 3.61. The van der Waals surface area contributed by atoms with Crippen LogP contribution >= 0.6 is 0 Å². The van der Waals surface area contributed by atoms with Crippen LogP contribution in [0.5, 0.6) is 0 Å². The van der Waals surface area contributed by atoms with Crippen molar-refractivity contribution in [1.82, 2.24) is 24.4 Å². The van der Waals surface area contributed by atoms with Gasteiger partial charge in [-0.1, -0.05) is 42.0 Å². The van der Waals surface area contributed by atoms with E-state index in [0.717, 1.165) is 38.4 Å². The summed E-state index contributed by atoms with van der Waals surface area (Å²) in [4.78, 5) is 42.0. The minimum absolute atomic E-state index is 0.0424. The van der Waals surface area contributed by atoms with Gasteiger partial charge in [0.2, 0.25) is 12.0 Å². The van der Waals surface area contributed by atoms with Gasteiger partial charge in [0.25, 0.3) is 21.8 Å². The van der Waals surface area contributed by atoms with Gasteiger partial charge in [0.15, 0.2) is 5.69 Å². The third kappa shape index (κ3) is 7.61. The van der Waals surface area contributed by atoms with E-state index in [9.17, 15) is 41.2 Å². The summed E-state index contributed by atoms with van der Waals surface area (Å²) in [7, 11) is -3.24. The van der Waals surface area contributed by atoms with Gasteiger partial charge in [-0.15, -0.1) is 5.01 Å². The number of hydrogen-bond acceptors (Lipinski definition) is 10. The number of amides is 3. The first-order valence-electron chi connectivity index (χ1n) is 14.2. The number of fused-ring (bicyclic) bond motifs is 1. The van der Waals surface area contributed by atoms with Crippen molar-refractivity contribution in [1.29, 1.82) is 0 Å². The molecule has 3 aromatic carbocycles. The van der Waals surface area contributed by atoms with Crippen molar-refractivity contribution in [2.75, 3.05) is 26.9 Å². The van der Waals surface area contributed by atoms with Gasteiger partial charge in [0, 0.05) is 5.56 Å². The second-order valence-electron chi connectivity index (χ2n) is 10.5. The monoisotopic (exact) mass is 701 g/mol. The fourth-order valence-corrected chi connectivity index (χ4v) is 5.41. The number of benzene rings is 3. The molecule has 2 heterocycles. The van der Waals surface area contributed by atoms with Crippen molar-refractivity contribution in [3.63, 3.8) is 0 Å². The lowest BCUT2D eigenvalue weighted by atomic mass is 10.1. The molecular formula is C30H26F3N7O8S. The maximum Gasteiger partial charge on any atom is 0.435 e. The Labute approximate surface area is 276 Å². The predicted octanol–water partition coefficient (Wildman–Crippen LogP) is 4.28. The third-order valence-corrected chi connectivity index (χ3v) is 8.42. The molecule has 0 aliphatic carbocycles. The SMILES string of the molecule is Cc1ccc(-c2cc(C(F)(F)F)nn2-c2ccc(S(=O)(=O)NC(=O)OCCN(C)/[N+]([O-])=N/OCN3C(=O)c4ccccc4C3=O)cc2)cc1. The molecule has 1 N–H and O–H groups in total. The first kappa shape index (κ1) is 34.4. The van der Waals surface area contributed by atoms with Crippen LogP contribution in [0.2, 0.25) is 0 Å². The molecule has 1 aliphatic rings. The number of aryl methyl sites for hydroxylation is 1. The number of hydrazine groups is 1. The van der Waals surface area contributed by atoms with Gasteiger partial charge >= 0.3 is 12.3 Å². The highest BCUT2D eigenvalue weighted by molar-refractivity contribution is 7.90. The van der Waals surface area contributed by atoms with Gasteiger partial charge in [-0.2, -0.15) is 18.3 Å². The lowest BCUT2D eigenvalue weighted by molar-refractivity contribution is -0.706. The number of alkyl halides is 3. The molecule has 256 valence electrons. The van der Waals surface area contributed by atoms with Crippen LogP contribution in [-0.4, -0.2) is 77.9 Å². The number of carbonyl (C=O) groups excluding carboxylic acids is 3. The zero-order chi connectivity index (χ0) is 35.5. The highest BCUT2D eigenvalue weighted by atomic mass is 32.2. The fourth-order valence-electron chi connectivity index (χ4n) is 4.52. The molecule has 0 bridgehead atoms. The Morgan fingerprint density at radius 2 is 1.63 bits per heavy atom. The molecule has 19 heteroatoms. The minimum Gasteiger partial charge on any atom is -0.569 e. The van der Waals surface area contributed by atoms with Gasteiger partial charge in [-0.05, 0) is 49.4 Å². The van der Waals surface area contributed by atoms with E-state index in [1.807, 2.05) is 6.92 Å². The molecule has 0 saturated carbocycles. The predicted molar refractivity (Wildman–Crippen MR) is 162 cm³/mol. The van der Waals surface area contributed by atoms with Crippen LogP contribution in [-0.2, 0) is 25.8 Å². The Morgan fingerprint density at radius 3 is 2.22 bits per heavy atom. The number of nitrogens with one attached hydrogen (secondary N) is 1. The Bertz CT molecular complexity index is 2000. The quantitative estimate of drug-likeness (QED) is 0.103. The van der Waals surface area contributed by atoms with Crippen molar-refractivity contribution in [3.05, 3.63) is 106 Å². The van der Waals surface area contributed by atoms with Crippen molar-refractivity contribution in [2.45, 2.75) is 18.0 Å². The molecule has 0 saturated heterocycles. The number of ether oxygens (including phenoxy) is 1. The molecule has 3 amide bonds. The number of carbonyl (C=O) groups is 3. The number of imide groups is 1. The molecule has 0 spiro atoms. The number of halogens is 3. The summed E-state index contributed by atoms with van der Waals surface area (Å²) in [5.41, 5.74) is 0.813. The molecule has 4 aromatic rings. The zero-order valence-corrected chi connectivity index (χ0v) is 26.4. The van der Waals surface area contributed by atoms with E-state index in [0.29, 0.717) is 5.56 Å². The summed E-state index contributed by atoms with van der Waals surface area (Å²) in [6.07, 6.45) is -6.11. The second kappa shape index (κ2) is 13.6. The Hall–Kier alpha value is -5.98. The van der Waals surface area contributed by atoms with Crippen molar-refractivity contribution >= 4 is 27.9 Å². The van der Waals surface area contributed by atoms with Crippen LogP contribution < -0.4 is 4.72 Å². The number of rotatable bonds is 11. The maximum atomic E-state index is 13.5. The smallest absolute Gasteiger partial charge is 0.435 e. The number of aromatic nitrogens is 2. The summed E-state index contributed by atoms with van der Waals surface area (Å²) in [6, 6.07) is 18.3. The van der Waals surface area contributed by atoms with Gasteiger partial charge in [0.05, 0.1) is 39.4 Å². The Balaban J connectivity index is 1.14. The van der Waals surface area contributed by atoms with E-state index in [-0.39, 0.29) is 34.0 Å². The fraction of sp³-hybridized carbons (Fsp3) is 0.200. The number of nitrogens with zero attached hydrogens (tertiary/aromatic N) is 6. The topological polar surface area (TPSA) is 179 Å². The van der Waals surface area contributed by atoms with Crippen molar-refractivity contribution in [3.8, 4) is 16.9 Å². The van der Waals surface area contributed by atoms with Crippen LogP contribution in [0.25, 0.3) is 16.9 Å². The molecule has 0 radical (unpaired) electrons. The van der Waals surface area contributed by atoms with Crippen molar-refractivity contribution < 1.29 is 50.5 Å². The van der Waals surface area contributed by atoms with E-state index < -0.39 is 58.0 Å². The number of sulfonamides is 1. The minimum atomic E-state index is -4.73. The lowest BCUT2D eigenvalue weighted by Crippen LogP contribution is -2.35. The average molecular weight is 702 g/mol. The van der Waals surface area contributed by atoms with Crippen LogP contribution in [0.4, 0.5) is 18.0 Å². The molecule has 1 aliphatic heterocycles. The summed E-state index contributed by atoms with van der Waals surface area (Å²) in [5, 5.41) is 19.9. The van der Waals surface area contributed by atoms with Crippen LogP contribution in [0, 0.1) is 12.1 Å². The largest absolute Gasteiger partial charge is 0.569 e. The number of likely N-dealkylation sites (N-methyl/N-ethyl adjacent to an activating group) is 1. The molecule has 49 heavy (non-hydrogen) atoms. The number of hydrogen-bond donors (Lipinski definition) is 1. The molecular weight excluding hydrogens is 675 g/mol. The summed E-state index contributed by atoms with van der Waals surface area (Å²) in [6.45, 7) is 0.426. The maximum absolute atomic E-state index is 13.5. The third-order valence-electron chi connectivity index (χ3n) is 7.09. The molecule has 0 fully saturated rings. The first-order valence-corrected chi connectivity index (χ1v) is 15.6. The van der Waals surface area contributed by atoms with E-state index in [1.165, 1.54) is 31.3 Å². The van der Waals surface area contributed by atoms with Crippen LogP contribution in [0.1, 0.15) is 32.0 Å². The standard InChI is InChI=1S/C30H26F3N7O8S/c1-19-7-9-20(10-8-19)25-17-26(30(31,32)33)34-39(25)21-11-13-22(14-12-21)49(45,46)35-29(43)47-16-15-37(2)40(44)36-48-18-38-27(41)23-5-3-4-6-24(23)28(38)42/h3-14,17H,15-16,18H2,1-2H3,(H,35,43)/b40-36-. The van der Waals surface area contributed by atoms with E-state index in [4.69, 9.17) is 9.57 Å². The molecule has 0 atom stereocenters. The first-order chi connectivity index (χ1) is 23.2. The van der Waals surface area contributed by atoms with E-state index in [2.05, 4.69) is 10.4 Å². The van der Waals surface area contributed by atoms with Gasteiger partial charge < -0.3 is 14.8 Å². The summed E-state index contributed by atoms with van der Waals surface area (Å²) in [5.74, 6) is -1.23. The normalized spacial score (nSPS) is 13.3. The van der Waals surface area contributed by atoms with Crippen molar-refractivity contribution in [2.24, 2.45) is 5.28 Å². The van der Waals surface area contributed by atoms with E-state index in [1.54, 1.807) is 41.1 Å².